The summed E-state index contributed by atoms with van der Waals surface area (Å²) >= 11 is 0. The Bertz CT molecular complexity index is 3090. The van der Waals surface area contributed by atoms with Crippen molar-refractivity contribution in [1.29, 1.82) is 0 Å². The van der Waals surface area contributed by atoms with Crippen LogP contribution in [0.25, 0.3) is 33.2 Å². The zero-order valence-corrected chi connectivity index (χ0v) is 35.4. The number of fused-ring (bicyclic) bond motifs is 4. The summed E-state index contributed by atoms with van der Waals surface area (Å²) in [5, 5.41) is 26.5. The van der Waals surface area contributed by atoms with Gasteiger partial charge in [-0.1, -0.05) is 78.9 Å². The predicted octanol–water partition coefficient (Wildman–Crippen LogP) is 7.08. The fourth-order valence-corrected chi connectivity index (χ4v) is 12.5. The Labute approximate surface area is 356 Å². The lowest BCUT2D eigenvalue weighted by atomic mass is 9.82. The molecule has 1 unspecified atom stereocenters. The number of aromatic nitrogens is 7. The number of anilines is 1. The molecule has 314 valence electrons. The molecule has 0 bridgehead atoms. The number of hydrogen-bond acceptors (Lipinski definition) is 7. The van der Waals surface area contributed by atoms with Gasteiger partial charge >= 0.3 is 0 Å². The summed E-state index contributed by atoms with van der Waals surface area (Å²) in [4.78, 5) is 43.9. The number of halogens is 1. The number of carbonyl (C=O) groups excluding carboxylic acids is 1. The topological polar surface area (TPSA) is 156 Å². The highest BCUT2D eigenvalue weighted by molar-refractivity contribution is 6.72. The number of carbonyl (C=O) groups is 1. The van der Waals surface area contributed by atoms with Crippen molar-refractivity contribution < 1.29 is 18.7 Å². The molecule has 3 N–H and O–H groups in total. The quantitative estimate of drug-likeness (QED) is 0.0929. The number of H-pyrrole nitrogens is 2. The molecule has 1 spiro atoms. The van der Waals surface area contributed by atoms with E-state index < -0.39 is 31.6 Å². The van der Waals surface area contributed by atoms with Gasteiger partial charge in [-0.15, -0.1) is 5.10 Å². The van der Waals surface area contributed by atoms with E-state index in [4.69, 9.17) is 4.74 Å². The fourth-order valence-electron chi connectivity index (χ4n) is 9.91. The van der Waals surface area contributed by atoms with Crippen molar-refractivity contribution in [3.63, 3.8) is 0 Å². The molecule has 5 aromatic carbocycles. The van der Waals surface area contributed by atoms with Crippen molar-refractivity contribution >= 4 is 41.8 Å². The number of aliphatic hydroxyl groups is 1. The van der Waals surface area contributed by atoms with Crippen LogP contribution in [-0.2, 0) is 28.2 Å². The van der Waals surface area contributed by atoms with Crippen LogP contribution in [0, 0.1) is 5.92 Å². The van der Waals surface area contributed by atoms with Crippen LogP contribution >= 0.6 is 0 Å². The number of nitrogens with one attached hydrogen (secondary N) is 2. The van der Waals surface area contributed by atoms with Crippen molar-refractivity contribution in [3.05, 3.63) is 171 Å². The molecule has 10 rings (SSSR count). The number of aryl methyl sites for hydroxylation is 1. The minimum atomic E-state index is -3.52. The number of rotatable bonds is 11. The van der Waals surface area contributed by atoms with Gasteiger partial charge in [0.05, 0.1) is 69.7 Å². The van der Waals surface area contributed by atoms with E-state index in [2.05, 4.69) is 20.5 Å². The van der Waals surface area contributed by atoms with Gasteiger partial charge in [-0.3, -0.25) is 29.3 Å². The van der Waals surface area contributed by atoms with Gasteiger partial charge in [0.1, 0.15) is 0 Å². The van der Waals surface area contributed by atoms with Crippen molar-refractivity contribution in [3.8, 4) is 11.4 Å². The third-order valence-electron chi connectivity index (χ3n) is 12.9. The molecule has 62 heavy (non-hydrogen) atoms. The number of aromatic amines is 2. The van der Waals surface area contributed by atoms with E-state index in [0.29, 0.717) is 57.6 Å². The Morgan fingerprint density at radius 1 is 0.823 bits per heavy atom. The Hall–Kier alpha value is -6.68. The van der Waals surface area contributed by atoms with Gasteiger partial charge in [0.25, 0.3) is 17.0 Å². The second-order valence-corrected chi connectivity index (χ2v) is 20.8. The number of benzene rings is 5. The van der Waals surface area contributed by atoms with Crippen LogP contribution in [0.15, 0.2) is 137 Å². The molecule has 8 aromatic rings. The molecule has 0 aliphatic carbocycles. The highest BCUT2D eigenvalue weighted by Gasteiger charge is 2.66. The van der Waals surface area contributed by atoms with E-state index in [1.165, 1.54) is 9.36 Å². The average molecular weight is 849 g/mol. The summed E-state index contributed by atoms with van der Waals surface area (Å²) in [6.07, 6.45) is 1.50. The predicted molar refractivity (Wildman–Crippen MR) is 237 cm³/mol. The van der Waals surface area contributed by atoms with Crippen molar-refractivity contribution in [2.24, 2.45) is 5.92 Å². The molecule has 0 saturated carbocycles. The van der Waals surface area contributed by atoms with E-state index in [-0.39, 0.29) is 36.1 Å². The monoisotopic (exact) mass is 848 g/mol. The van der Waals surface area contributed by atoms with Crippen LogP contribution in [0.2, 0.25) is 18.6 Å². The van der Waals surface area contributed by atoms with Crippen LogP contribution in [0.3, 0.4) is 0 Å². The maximum atomic E-state index is 16.8. The first-order valence-electron chi connectivity index (χ1n) is 20.8. The molecule has 2 aliphatic rings. The molecular weight excluding hydrogens is 804 g/mol. The lowest BCUT2D eigenvalue weighted by Gasteiger charge is -2.31. The SMILES string of the molecule is C[C@@H]1[C@@H]([Si](C)(C)F)[C@H](CCn2cc(C(CO)c3ccccc3)nn2)O[C@@]12C(=O)N(Cc1ccc(-n3[nH]c4ccccc4c3=O)cc1)c1ccc(-n3[nH]c4ccccc4c3=O)cc12. The van der Waals surface area contributed by atoms with E-state index in [0.717, 1.165) is 16.6 Å². The van der Waals surface area contributed by atoms with Crippen LogP contribution < -0.4 is 16.0 Å². The van der Waals surface area contributed by atoms with Gasteiger partial charge in [0, 0.05) is 29.8 Å². The molecule has 13 nitrogen and oxygen atoms in total. The minimum absolute atomic E-state index is 0.142. The van der Waals surface area contributed by atoms with Gasteiger partial charge in [-0.05, 0) is 85.2 Å². The molecule has 5 atom stereocenters. The Morgan fingerprint density at radius 3 is 2.06 bits per heavy atom. The molecule has 1 fully saturated rings. The third kappa shape index (κ3) is 6.37. The molecule has 15 heteroatoms. The average Bonchev–Trinajstić information content (AvgIpc) is 4.08. The summed E-state index contributed by atoms with van der Waals surface area (Å²) < 4.78 is 28.6. The van der Waals surface area contributed by atoms with Crippen molar-refractivity contribution in [1.82, 2.24) is 34.6 Å². The van der Waals surface area contributed by atoms with Crippen LogP contribution in [0.5, 0.6) is 0 Å². The van der Waals surface area contributed by atoms with Gasteiger partial charge in [-0.25, -0.2) is 9.36 Å². The zero-order chi connectivity index (χ0) is 42.9. The molecular formula is C47H45FN8O5Si. The lowest BCUT2D eigenvalue weighted by molar-refractivity contribution is -0.146. The number of hydrogen-bond donors (Lipinski definition) is 3. The fraction of sp³-hybridized carbons (Fsp3) is 0.255. The summed E-state index contributed by atoms with van der Waals surface area (Å²) in [6, 6.07) is 37.1. The molecule has 3 aromatic heterocycles. The maximum absolute atomic E-state index is 16.8. The number of amides is 1. The number of ether oxygens (including phenoxy) is 1. The van der Waals surface area contributed by atoms with E-state index >= 15 is 8.90 Å². The minimum Gasteiger partial charge on any atom is -0.395 e. The van der Waals surface area contributed by atoms with Crippen LogP contribution in [0.4, 0.5) is 9.80 Å². The van der Waals surface area contributed by atoms with Crippen LogP contribution in [-0.4, -0.2) is 66.7 Å². The Kier molecular flexibility index (Phi) is 9.57. The Balaban J connectivity index is 1.01. The largest absolute Gasteiger partial charge is 0.395 e. The van der Waals surface area contributed by atoms with Crippen LogP contribution in [0.1, 0.15) is 41.6 Å². The molecule has 2 aliphatic heterocycles. The second kappa shape index (κ2) is 15.0. The highest BCUT2D eigenvalue weighted by atomic mass is 28.4. The van der Waals surface area contributed by atoms with E-state index in [1.807, 2.05) is 110 Å². The smallest absolute Gasteiger partial charge is 0.279 e. The van der Waals surface area contributed by atoms with E-state index in [1.54, 1.807) is 47.1 Å². The van der Waals surface area contributed by atoms with E-state index in [9.17, 15) is 14.7 Å². The molecule has 1 amide bonds. The number of nitrogens with zero attached hydrogens (tertiary/aromatic N) is 6. The number of para-hydroxylation sites is 2. The standard InChI is InChI=1S/C47H45FN8O5Si/c1-29-43(62(2,3)48)42(23-24-53-27-40(49-52-53)36(28-57)31-11-5-4-6-12-31)61-47(29)37-25-33(56-45(59)35-14-8-10-16-39(35)51-56)21-22-41(37)54(46(47)60)26-30-17-19-32(20-18-30)55-44(58)34-13-7-9-15-38(34)50-55/h4-22,25,27,29,36,42-43,50-51,57H,23-24,26,28H2,1-3H3/t29-,36?,42+,43-,47+/m1/s1. The van der Waals surface area contributed by atoms with Gasteiger partial charge in [0.2, 0.25) is 8.41 Å². The highest BCUT2D eigenvalue weighted by Crippen LogP contribution is 2.60. The van der Waals surface area contributed by atoms with Gasteiger partial charge in [-0.2, -0.15) is 0 Å². The normalized spacial score (nSPS) is 20.5. The third-order valence-corrected chi connectivity index (χ3v) is 15.3. The first-order valence-corrected chi connectivity index (χ1v) is 23.8. The maximum Gasteiger partial charge on any atom is 0.279 e. The summed E-state index contributed by atoms with van der Waals surface area (Å²) in [5.74, 6) is -1.24. The summed E-state index contributed by atoms with van der Waals surface area (Å²) in [5.41, 5.74) is 3.55. The molecule has 5 heterocycles. The molecule has 1 saturated heterocycles. The summed E-state index contributed by atoms with van der Waals surface area (Å²) in [6.45, 7) is 5.63. The number of aliphatic hydroxyl groups excluding tert-OH is 1. The Morgan fingerprint density at radius 2 is 1.44 bits per heavy atom. The second-order valence-electron chi connectivity index (χ2n) is 17.0. The summed E-state index contributed by atoms with van der Waals surface area (Å²) in [7, 11) is -3.52. The zero-order valence-electron chi connectivity index (χ0n) is 34.4. The van der Waals surface area contributed by atoms with Gasteiger partial charge in [0.15, 0.2) is 5.60 Å². The first-order chi connectivity index (χ1) is 30.0. The van der Waals surface area contributed by atoms with Gasteiger partial charge < -0.3 is 18.9 Å². The van der Waals surface area contributed by atoms with Crippen molar-refractivity contribution in [2.75, 3.05) is 11.5 Å². The molecule has 0 radical (unpaired) electrons. The lowest BCUT2D eigenvalue weighted by Crippen LogP contribution is -2.45. The first kappa shape index (κ1) is 39.5. The van der Waals surface area contributed by atoms with Crippen molar-refractivity contribution in [2.45, 2.75) is 62.7 Å².